The van der Waals surface area contributed by atoms with Gasteiger partial charge in [-0.2, -0.15) is 0 Å². The Kier molecular flexibility index (Phi) is 1.64. The first-order valence-corrected chi connectivity index (χ1v) is 5.89. The van der Waals surface area contributed by atoms with Gasteiger partial charge in [0.15, 0.2) is 24.8 Å². The summed E-state index contributed by atoms with van der Waals surface area (Å²) in [6.07, 6.45) is 21.4. The lowest BCUT2D eigenvalue weighted by Crippen LogP contribution is -2.62. The Morgan fingerprint density at radius 3 is 2.94 bits per heavy atom. The van der Waals surface area contributed by atoms with Crippen molar-refractivity contribution in [1.29, 1.82) is 0 Å². The summed E-state index contributed by atoms with van der Waals surface area (Å²) in [6, 6.07) is 0. The molecule has 84 valence electrons. The van der Waals surface area contributed by atoms with E-state index in [4.69, 9.17) is 0 Å². The molecule has 1 unspecified atom stereocenters. The number of hydrogen-bond donors (Lipinski definition) is 0. The van der Waals surface area contributed by atoms with Crippen LogP contribution >= 0.6 is 0 Å². The summed E-state index contributed by atoms with van der Waals surface area (Å²) in [6.45, 7) is 1.92. The number of rotatable bonds is 0. The van der Waals surface area contributed by atoms with Crippen LogP contribution in [0, 0.1) is 0 Å². The van der Waals surface area contributed by atoms with Crippen LogP contribution in [0.2, 0.25) is 0 Å². The zero-order valence-electron chi connectivity index (χ0n) is 9.48. The Balaban J connectivity index is 1.99. The van der Waals surface area contributed by atoms with Crippen LogP contribution in [0.15, 0.2) is 49.1 Å². The third-order valence-corrected chi connectivity index (χ3v) is 3.66. The van der Waals surface area contributed by atoms with Crippen LogP contribution in [-0.2, 0) is 0 Å². The topological polar surface area (TPSA) is 12.5 Å². The second kappa shape index (κ2) is 3.05. The fourth-order valence-electron chi connectivity index (χ4n) is 2.95. The fourth-order valence-corrected chi connectivity index (χ4v) is 2.95. The predicted molar refractivity (Wildman–Crippen MR) is 65.4 cm³/mol. The molecular formula is C13H14N4+2. The molecular weight excluding hydrogens is 212 g/mol. The molecule has 4 rings (SSSR count). The normalized spacial score (nSPS) is 33.1. The average molecular weight is 226 g/mol. The zero-order chi connectivity index (χ0) is 11.3. The quantitative estimate of drug-likeness (QED) is 0.557. The van der Waals surface area contributed by atoms with Crippen LogP contribution < -0.4 is 0 Å². The third-order valence-electron chi connectivity index (χ3n) is 3.66. The van der Waals surface area contributed by atoms with Crippen LogP contribution in [0.5, 0.6) is 0 Å². The van der Waals surface area contributed by atoms with Crippen LogP contribution in [0.1, 0.15) is 0 Å². The van der Waals surface area contributed by atoms with Gasteiger partial charge in [0, 0.05) is 18.8 Å². The van der Waals surface area contributed by atoms with E-state index in [9.17, 15) is 0 Å². The molecule has 17 heavy (non-hydrogen) atoms. The summed E-state index contributed by atoms with van der Waals surface area (Å²) in [5.74, 6) is -0.243. The Hall–Kier alpha value is -1.94. The molecule has 0 radical (unpaired) electrons. The van der Waals surface area contributed by atoms with Crippen molar-refractivity contribution in [1.82, 2.24) is 9.80 Å². The van der Waals surface area contributed by atoms with E-state index < -0.39 is 0 Å². The van der Waals surface area contributed by atoms with E-state index in [0.29, 0.717) is 0 Å². The maximum absolute atomic E-state index is 2.44. The summed E-state index contributed by atoms with van der Waals surface area (Å²) in [7, 11) is 0. The number of allylic oxidation sites excluding steroid dienone is 3. The summed E-state index contributed by atoms with van der Waals surface area (Å²) in [5, 5.41) is 0. The summed E-state index contributed by atoms with van der Waals surface area (Å²) >= 11 is 0. The van der Waals surface area contributed by atoms with Crippen LogP contribution in [-0.4, -0.2) is 50.4 Å². The monoisotopic (exact) mass is 226 g/mol. The molecule has 0 saturated heterocycles. The molecule has 0 bridgehead atoms. The van der Waals surface area contributed by atoms with Crippen molar-refractivity contribution in [3.63, 3.8) is 0 Å². The van der Waals surface area contributed by atoms with E-state index in [1.807, 2.05) is 0 Å². The average Bonchev–Trinajstić information content (AvgIpc) is 2.75. The van der Waals surface area contributed by atoms with Crippen molar-refractivity contribution < 1.29 is 9.15 Å². The first kappa shape index (κ1) is 9.13. The van der Waals surface area contributed by atoms with Gasteiger partial charge in [-0.15, -0.1) is 14.1 Å². The first-order valence-electron chi connectivity index (χ1n) is 5.89. The fraction of sp³-hybridized carbons (Fsp3) is 0.231. The van der Waals surface area contributed by atoms with E-state index in [-0.39, 0.29) is 5.91 Å². The molecule has 4 nitrogen and oxygen atoms in total. The van der Waals surface area contributed by atoms with Crippen molar-refractivity contribution >= 4 is 12.4 Å². The Bertz CT molecular complexity index is 550. The molecule has 4 heteroatoms. The molecule has 0 aromatic heterocycles. The van der Waals surface area contributed by atoms with Gasteiger partial charge < -0.3 is 0 Å². The highest BCUT2D eigenvalue weighted by Gasteiger charge is 2.66. The highest BCUT2D eigenvalue weighted by molar-refractivity contribution is 5.67. The third kappa shape index (κ3) is 0.964. The highest BCUT2D eigenvalue weighted by Crippen LogP contribution is 2.34. The minimum atomic E-state index is -0.243. The summed E-state index contributed by atoms with van der Waals surface area (Å²) in [4.78, 5) is 4.69. The molecule has 0 amide bonds. The molecule has 0 saturated carbocycles. The SMILES string of the molecule is C1=CCN2CC=[N+]3C=CC=CN4C=C[N+](=C1)C423. The van der Waals surface area contributed by atoms with E-state index in [1.165, 1.54) is 0 Å². The van der Waals surface area contributed by atoms with Gasteiger partial charge in [-0.3, -0.25) is 0 Å². The second-order valence-corrected chi connectivity index (χ2v) is 4.47. The van der Waals surface area contributed by atoms with Gasteiger partial charge in [-0.05, 0) is 12.2 Å². The summed E-state index contributed by atoms with van der Waals surface area (Å²) < 4.78 is 4.52. The van der Waals surface area contributed by atoms with Crippen molar-refractivity contribution in [2.75, 3.05) is 13.1 Å². The van der Waals surface area contributed by atoms with Crippen molar-refractivity contribution in [2.24, 2.45) is 0 Å². The molecule has 4 aliphatic heterocycles. The predicted octanol–water partition coefficient (Wildman–Crippen LogP) is 0.478. The van der Waals surface area contributed by atoms with E-state index in [2.05, 4.69) is 80.5 Å². The molecule has 4 heterocycles. The largest absolute Gasteiger partial charge is 0.524 e. The summed E-state index contributed by atoms with van der Waals surface area (Å²) in [5.41, 5.74) is 0. The standard InChI is InChI=1S/C13H14N4/c1-2-6-15-11-12-17-8-4-3-7-16-10-9-14(5-1)13(15,16)17/h1-7,9-11H,8,12H2/q+2. The highest BCUT2D eigenvalue weighted by atomic mass is 15.7. The van der Waals surface area contributed by atoms with Gasteiger partial charge in [0.1, 0.15) is 0 Å². The minimum absolute atomic E-state index is 0.243. The molecule has 0 aliphatic carbocycles. The molecule has 1 atom stereocenters. The van der Waals surface area contributed by atoms with E-state index in [0.717, 1.165) is 13.1 Å². The first-order chi connectivity index (χ1) is 8.42. The lowest BCUT2D eigenvalue weighted by molar-refractivity contribution is -0.809. The van der Waals surface area contributed by atoms with Gasteiger partial charge in [0.2, 0.25) is 0 Å². The van der Waals surface area contributed by atoms with Crippen molar-refractivity contribution in [3.05, 3.63) is 49.1 Å². The van der Waals surface area contributed by atoms with Crippen LogP contribution in [0.25, 0.3) is 0 Å². The molecule has 4 aliphatic rings. The maximum atomic E-state index is 2.44. The van der Waals surface area contributed by atoms with Gasteiger partial charge in [-0.1, -0.05) is 6.08 Å². The minimum Gasteiger partial charge on any atom is -0.213 e. The Labute approximate surface area is 100 Å². The number of nitrogens with zero attached hydrogens (tertiary/aromatic N) is 4. The van der Waals surface area contributed by atoms with Crippen molar-refractivity contribution in [2.45, 2.75) is 5.91 Å². The molecule has 0 aromatic rings. The van der Waals surface area contributed by atoms with E-state index in [1.54, 1.807) is 0 Å². The van der Waals surface area contributed by atoms with Gasteiger partial charge in [0.05, 0.1) is 12.7 Å². The van der Waals surface area contributed by atoms with Gasteiger partial charge in [0.25, 0.3) is 0 Å². The van der Waals surface area contributed by atoms with Gasteiger partial charge in [-0.25, -0.2) is 4.90 Å². The van der Waals surface area contributed by atoms with E-state index >= 15 is 0 Å². The molecule has 0 aromatic carbocycles. The molecule has 0 fully saturated rings. The van der Waals surface area contributed by atoms with Crippen LogP contribution in [0.4, 0.5) is 0 Å². The molecule has 0 N–H and O–H groups in total. The Morgan fingerprint density at radius 2 is 1.94 bits per heavy atom. The second-order valence-electron chi connectivity index (χ2n) is 4.47. The van der Waals surface area contributed by atoms with Crippen LogP contribution in [0.3, 0.4) is 0 Å². The lowest BCUT2D eigenvalue weighted by atomic mass is 10.4. The maximum Gasteiger partial charge on any atom is 0.524 e. The number of hydrogen-bond acceptors (Lipinski definition) is 2. The Morgan fingerprint density at radius 1 is 0.941 bits per heavy atom. The van der Waals surface area contributed by atoms with Gasteiger partial charge >= 0.3 is 5.91 Å². The lowest BCUT2D eigenvalue weighted by Gasteiger charge is -2.28. The van der Waals surface area contributed by atoms with Crippen molar-refractivity contribution in [3.8, 4) is 0 Å². The zero-order valence-corrected chi connectivity index (χ0v) is 9.48. The molecule has 1 spiro atoms. The smallest absolute Gasteiger partial charge is 0.213 e.